The monoisotopic (exact) mass is 290 g/mol. The number of hydrogen-bond acceptors (Lipinski definition) is 4. The number of carbonyl (C=O) groups is 3. The second kappa shape index (κ2) is 5.95. The van der Waals surface area contributed by atoms with Crippen molar-refractivity contribution in [1.29, 1.82) is 0 Å². The standard InChI is InChI=1S/C15H18N2O4/c1-9(2)17-8-11(7-13(17)18)15(20)21-12-5-3-4-10(6-12)14(16)19/h3-6,9,11H,7-8H2,1-2H3,(H2,16,19)/t11-/m0/s1. The molecule has 2 rings (SSSR count). The number of esters is 1. The van der Waals surface area contributed by atoms with Gasteiger partial charge < -0.3 is 15.4 Å². The first-order valence-corrected chi connectivity index (χ1v) is 6.79. The lowest BCUT2D eigenvalue weighted by molar-refractivity contribution is -0.139. The number of likely N-dealkylation sites (tertiary alicyclic amines) is 1. The number of carbonyl (C=O) groups excluding carboxylic acids is 3. The highest BCUT2D eigenvalue weighted by Gasteiger charge is 2.36. The zero-order valence-corrected chi connectivity index (χ0v) is 12.0. The molecule has 1 aromatic rings. The minimum absolute atomic E-state index is 0.0437. The molecular formula is C15H18N2O4. The zero-order valence-electron chi connectivity index (χ0n) is 12.0. The predicted molar refractivity (Wildman–Crippen MR) is 75.6 cm³/mol. The molecule has 112 valence electrons. The van der Waals surface area contributed by atoms with E-state index >= 15 is 0 Å². The quantitative estimate of drug-likeness (QED) is 0.660. The molecule has 0 spiro atoms. The molecule has 1 aliphatic rings. The van der Waals surface area contributed by atoms with E-state index in [4.69, 9.17) is 10.5 Å². The molecule has 21 heavy (non-hydrogen) atoms. The Labute approximate surface area is 122 Å². The first-order valence-electron chi connectivity index (χ1n) is 6.79. The topological polar surface area (TPSA) is 89.7 Å². The molecule has 0 radical (unpaired) electrons. The van der Waals surface area contributed by atoms with Crippen LogP contribution in [0.1, 0.15) is 30.6 Å². The summed E-state index contributed by atoms with van der Waals surface area (Å²) < 4.78 is 5.24. The van der Waals surface area contributed by atoms with Crippen LogP contribution in [0.5, 0.6) is 5.75 Å². The van der Waals surface area contributed by atoms with Gasteiger partial charge in [-0.1, -0.05) is 6.07 Å². The number of primary amides is 1. The van der Waals surface area contributed by atoms with Crippen LogP contribution in [0.2, 0.25) is 0 Å². The van der Waals surface area contributed by atoms with Gasteiger partial charge in [0.2, 0.25) is 11.8 Å². The molecule has 1 aromatic carbocycles. The first-order chi connectivity index (χ1) is 9.88. The Hall–Kier alpha value is -2.37. The summed E-state index contributed by atoms with van der Waals surface area (Å²) in [5, 5.41) is 0. The molecule has 6 heteroatoms. The van der Waals surface area contributed by atoms with Gasteiger partial charge in [0.1, 0.15) is 5.75 Å². The maximum atomic E-state index is 12.1. The van der Waals surface area contributed by atoms with E-state index in [1.54, 1.807) is 23.1 Å². The number of hydrogen-bond donors (Lipinski definition) is 1. The van der Waals surface area contributed by atoms with Crippen molar-refractivity contribution in [1.82, 2.24) is 4.90 Å². The predicted octanol–water partition coefficient (Wildman–Crippen LogP) is 0.948. The highest BCUT2D eigenvalue weighted by Crippen LogP contribution is 2.23. The fraction of sp³-hybridized carbons (Fsp3) is 0.400. The Morgan fingerprint density at radius 2 is 2.10 bits per heavy atom. The molecule has 1 saturated heterocycles. The summed E-state index contributed by atoms with van der Waals surface area (Å²) in [5.41, 5.74) is 5.44. The Balaban J connectivity index is 2.04. The molecule has 0 unspecified atom stereocenters. The fourth-order valence-electron chi connectivity index (χ4n) is 2.30. The normalized spacial score (nSPS) is 18.1. The van der Waals surface area contributed by atoms with Gasteiger partial charge in [0, 0.05) is 24.6 Å². The maximum Gasteiger partial charge on any atom is 0.316 e. The molecule has 1 aliphatic heterocycles. The third-order valence-corrected chi connectivity index (χ3v) is 3.45. The summed E-state index contributed by atoms with van der Waals surface area (Å²) in [6, 6.07) is 6.18. The van der Waals surface area contributed by atoms with Gasteiger partial charge in [0.25, 0.3) is 0 Å². The summed E-state index contributed by atoms with van der Waals surface area (Å²) >= 11 is 0. The lowest BCUT2D eigenvalue weighted by Gasteiger charge is -2.20. The highest BCUT2D eigenvalue weighted by atomic mass is 16.5. The second-order valence-corrected chi connectivity index (χ2v) is 5.35. The van der Waals surface area contributed by atoms with Gasteiger partial charge in [-0.25, -0.2) is 0 Å². The van der Waals surface area contributed by atoms with Crippen LogP contribution in [0.25, 0.3) is 0 Å². The van der Waals surface area contributed by atoms with Crippen LogP contribution in [-0.4, -0.2) is 35.3 Å². The van der Waals surface area contributed by atoms with E-state index in [1.807, 2.05) is 13.8 Å². The van der Waals surface area contributed by atoms with Gasteiger partial charge >= 0.3 is 5.97 Å². The number of nitrogens with two attached hydrogens (primary N) is 1. The first kappa shape index (κ1) is 15.0. The van der Waals surface area contributed by atoms with Crippen molar-refractivity contribution in [3.63, 3.8) is 0 Å². The SMILES string of the molecule is CC(C)N1C[C@@H](C(=O)Oc2cccc(C(N)=O)c2)CC1=O. The van der Waals surface area contributed by atoms with Crippen LogP contribution in [0.4, 0.5) is 0 Å². The zero-order chi connectivity index (χ0) is 15.6. The average Bonchev–Trinajstić information content (AvgIpc) is 2.81. The molecule has 0 bridgehead atoms. The summed E-state index contributed by atoms with van der Waals surface area (Å²) in [6.45, 7) is 4.18. The van der Waals surface area contributed by atoms with Gasteiger partial charge in [-0.3, -0.25) is 14.4 Å². The molecule has 2 amide bonds. The van der Waals surface area contributed by atoms with Gasteiger partial charge in [0.05, 0.1) is 5.92 Å². The molecule has 2 N–H and O–H groups in total. The van der Waals surface area contributed by atoms with Crippen LogP contribution >= 0.6 is 0 Å². The van der Waals surface area contributed by atoms with Crippen LogP contribution < -0.4 is 10.5 Å². The third kappa shape index (κ3) is 3.39. The summed E-state index contributed by atoms with van der Waals surface area (Å²) in [7, 11) is 0. The number of nitrogens with zero attached hydrogens (tertiary/aromatic N) is 1. The lowest BCUT2D eigenvalue weighted by Crippen LogP contribution is -2.33. The van der Waals surface area contributed by atoms with Crippen molar-refractivity contribution >= 4 is 17.8 Å². The smallest absolute Gasteiger partial charge is 0.316 e. The Morgan fingerprint density at radius 3 is 2.67 bits per heavy atom. The maximum absolute atomic E-state index is 12.1. The largest absolute Gasteiger partial charge is 0.426 e. The van der Waals surface area contributed by atoms with Crippen molar-refractivity contribution in [2.24, 2.45) is 11.7 Å². The van der Waals surface area contributed by atoms with Crippen molar-refractivity contribution in [3.05, 3.63) is 29.8 Å². The summed E-state index contributed by atoms with van der Waals surface area (Å²) in [6.07, 6.45) is 0.159. The third-order valence-electron chi connectivity index (χ3n) is 3.45. The number of rotatable bonds is 4. The highest BCUT2D eigenvalue weighted by molar-refractivity contribution is 5.93. The van der Waals surface area contributed by atoms with Gasteiger partial charge in [-0.15, -0.1) is 0 Å². The van der Waals surface area contributed by atoms with Crippen LogP contribution in [0, 0.1) is 5.92 Å². The molecule has 0 aliphatic carbocycles. The minimum atomic E-state index is -0.588. The van der Waals surface area contributed by atoms with E-state index in [2.05, 4.69) is 0 Å². The van der Waals surface area contributed by atoms with Crippen molar-refractivity contribution in [2.75, 3.05) is 6.54 Å². The number of amides is 2. The van der Waals surface area contributed by atoms with Crippen LogP contribution in [0.3, 0.4) is 0 Å². The molecule has 0 saturated carbocycles. The Morgan fingerprint density at radius 1 is 1.38 bits per heavy atom. The van der Waals surface area contributed by atoms with Crippen LogP contribution in [-0.2, 0) is 9.59 Å². The van der Waals surface area contributed by atoms with E-state index in [-0.39, 0.29) is 29.7 Å². The summed E-state index contributed by atoms with van der Waals surface area (Å²) in [4.78, 5) is 36.6. The number of ether oxygens (including phenoxy) is 1. The summed E-state index contributed by atoms with van der Waals surface area (Å²) in [5.74, 6) is -1.32. The van der Waals surface area contributed by atoms with E-state index in [0.29, 0.717) is 6.54 Å². The molecule has 1 fully saturated rings. The van der Waals surface area contributed by atoms with Crippen LogP contribution in [0.15, 0.2) is 24.3 Å². The van der Waals surface area contributed by atoms with Gasteiger partial charge in [-0.2, -0.15) is 0 Å². The Kier molecular flexibility index (Phi) is 4.26. The van der Waals surface area contributed by atoms with Gasteiger partial charge in [0.15, 0.2) is 0 Å². The van der Waals surface area contributed by atoms with E-state index < -0.39 is 17.8 Å². The second-order valence-electron chi connectivity index (χ2n) is 5.35. The van der Waals surface area contributed by atoms with E-state index in [9.17, 15) is 14.4 Å². The van der Waals surface area contributed by atoms with Crippen molar-refractivity contribution in [3.8, 4) is 5.75 Å². The fourth-order valence-corrected chi connectivity index (χ4v) is 2.30. The molecular weight excluding hydrogens is 272 g/mol. The molecule has 1 heterocycles. The van der Waals surface area contributed by atoms with Gasteiger partial charge in [-0.05, 0) is 32.0 Å². The number of benzene rings is 1. The molecule has 0 aromatic heterocycles. The van der Waals surface area contributed by atoms with Crippen molar-refractivity contribution < 1.29 is 19.1 Å². The minimum Gasteiger partial charge on any atom is -0.426 e. The Bertz CT molecular complexity index is 583. The van der Waals surface area contributed by atoms with Crippen molar-refractivity contribution in [2.45, 2.75) is 26.3 Å². The van der Waals surface area contributed by atoms with E-state index in [1.165, 1.54) is 6.07 Å². The average molecular weight is 290 g/mol. The molecule has 6 nitrogen and oxygen atoms in total. The van der Waals surface area contributed by atoms with E-state index in [0.717, 1.165) is 0 Å². The molecule has 1 atom stereocenters. The lowest BCUT2D eigenvalue weighted by atomic mass is 10.1.